The highest BCUT2D eigenvalue weighted by atomic mass is 16.2. The molecule has 1 aliphatic rings. The van der Waals surface area contributed by atoms with Gasteiger partial charge in [0.1, 0.15) is 11.6 Å². The van der Waals surface area contributed by atoms with Crippen molar-refractivity contribution in [3.05, 3.63) is 26.5 Å². The van der Waals surface area contributed by atoms with Gasteiger partial charge < -0.3 is 0 Å². The quantitative estimate of drug-likeness (QED) is 0.753. The topological polar surface area (TPSA) is 89.6 Å². The van der Waals surface area contributed by atoms with E-state index >= 15 is 0 Å². The number of Topliss-reactive ketones (excluding diaryl/α,β-unsaturated/α-hetero) is 1. The summed E-state index contributed by atoms with van der Waals surface area (Å²) in [5.41, 5.74) is -0.905. The number of hydrogen-bond acceptors (Lipinski definition) is 6. The van der Waals surface area contributed by atoms with Crippen LogP contribution in [0.1, 0.15) is 31.9 Å². The molecule has 0 bridgehead atoms. The van der Waals surface area contributed by atoms with Gasteiger partial charge in [0.15, 0.2) is 5.78 Å². The van der Waals surface area contributed by atoms with Crippen molar-refractivity contribution in [2.24, 2.45) is 18.1 Å². The van der Waals surface area contributed by atoms with Crippen LogP contribution < -0.4 is 11.2 Å². The second-order valence-electron chi connectivity index (χ2n) is 5.96. The fourth-order valence-corrected chi connectivity index (χ4v) is 2.28. The van der Waals surface area contributed by atoms with Gasteiger partial charge in [-0.05, 0) is 12.3 Å². The van der Waals surface area contributed by atoms with Crippen LogP contribution in [0, 0.1) is 5.92 Å². The summed E-state index contributed by atoms with van der Waals surface area (Å²) in [6, 6.07) is 0. The van der Waals surface area contributed by atoms with Crippen molar-refractivity contribution in [2.75, 3.05) is 13.6 Å². The fraction of sp³-hybridized carbons (Fsp3) is 0.643. The van der Waals surface area contributed by atoms with E-state index < -0.39 is 17.2 Å². The van der Waals surface area contributed by atoms with Crippen LogP contribution >= 0.6 is 0 Å². The van der Waals surface area contributed by atoms with Gasteiger partial charge in [-0.25, -0.2) is 9.48 Å². The standard InChI is InChI=1S/C14H21N5O3/c1-9(2)5-6-19-13(21)12(16-18(4)14(19)22)10-7-15-17(3)8-11(10)20/h7,9-10H,5-6,8H2,1-4H3. The Labute approximate surface area is 128 Å². The summed E-state index contributed by atoms with van der Waals surface area (Å²) < 4.78 is 2.26. The molecular formula is C14H21N5O3. The highest BCUT2D eigenvalue weighted by Gasteiger charge is 2.29. The van der Waals surface area contributed by atoms with Gasteiger partial charge in [0.2, 0.25) is 0 Å². The third kappa shape index (κ3) is 3.15. The molecule has 1 aromatic rings. The van der Waals surface area contributed by atoms with Crippen LogP contribution in [0.3, 0.4) is 0 Å². The van der Waals surface area contributed by atoms with Gasteiger partial charge in [0.05, 0.1) is 6.54 Å². The highest BCUT2D eigenvalue weighted by Crippen LogP contribution is 2.13. The molecule has 0 saturated carbocycles. The highest BCUT2D eigenvalue weighted by molar-refractivity contribution is 6.02. The molecule has 2 rings (SSSR count). The van der Waals surface area contributed by atoms with Crippen molar-refractivity contribution in [1.29, 1.82) is 0 Å². The Morgan fingerprint density at radius 3 is 2.55 bits per heavy atom. The van der Waals surface area contributed by atoms with E-state index in [-0.39, 0.29) is 18.0 Å². The maximum Gasteiger partial charge on any atom is 0.347 e. The molecule has 2 heterocycles. The number of carbonyl (C=O) groups is 1. The average molecular weight is 307 g/mol. The van der Waals surface area contributed by atoms with Gasteiger partial charge in [-0.15, -0.1) is 0 Å². The molecule has 8 nitrogen and oxygen atoms in total. The first kappa shape index (κ1) is 16.1. The lowest BCUT2D eigenvalue weighted by atomic mass is 10.0. The Hall–Kier alpha value is -2.25. The van der Waals surface area contributed by atoms with Crippen LogP contribution in [-0.4, -0.2) is 44.9 Å². The molecule has 1 aromatic heterocycles. The molecule has 0 fully saturated rings. The van der Waals surface area contributed by atoms with Gasteiger partial charge in [-0.2, -0.15) is 10.2 Å². The monoisotopic (exact) mass is 307 g/mol. The molecule has 1 atom stereocenters. The van der Waals surface area contributed by atoms with E-state index in [2.05, 4.69) is 10.2 Å². The Morgan fingerprint density at radius 1 is 1.27 bits per heavy atom. The number of aromatic nitrogens is 3. The SMILES string of the molecule is CC(C)CCn1c(=O)c(C2C=NN(C)CC2=O)nn(C)c1=O. The van der Waals surface area contributed by atoms with E-state index in [1.165, 1.54) is 18.3 Å². The number of carbonyl (C=O) groups excluding carboxylic acids is 1. The first-order valence-corrected chi connectivity index (χ1v) is 7.27. The number of hydrazone groups is 1. The number of nitrogens with zero attached hydrogens (tertiary/aromatic N) is 5. The first-order valence-electron chi connectivity index (χ1n) is 7.27. The number of aryl methyl sites for hydroxylation is 1. The Bertz CT molecular complexity index is 716. The molecule has 1 aliphatic heterocycles. The second-order valence-corrected chi connectivity index (χ2v) is 5.96. The zero-order valence-electron chi connectivity index (χ0n) is 13.3. The summed E-state index contributed by atoms with van der Waals surface area (Å²) >= 11 is 0. The molecule has 1 unspecified atom stereocenters. The Kier molecular flexibility index (Phi) is 4.58. The van der Waals surface area contributed by atoms with Gasteiger partial charge in [-0.1, -0.05) is 13.8 Å². The number of likely N-dealkylation sites (N-methyl/N-ethyl adjacent to an activating group) is 1. The molecular weight excluding hydrogens is 286 g/mol. The van der Waals surface area contributed by atoms with Gasteiger partial charge in [0.25, 0.3) is 5.56 Å². The second kappa shape index (κ2) is 6.25. The largest absolute Gasteiger partial charge is 0.347 e. The predicted molar refractivity (Wildman–Crippen MR) is 82.1 cm³/mol. The van der Waals surface area contributed by atoms with E-state index in [0.717, 1.165) is 9.25 Å². The molecule has 0 spiro atoms. The van der Waals surface area contributed by atoms with Crippen molar-refractivity contribution in [1.82, 2.24) is 19.4 Å². The molecule has 0 radical (unpaired) electrons. The predicted octanol–water partition coefficient (Wildman–Crippen LogP) is -0.428. The van der Waals surface area contributed by atoms with Crippen LogP contribution in [-0.2, 0) is 18.4 Å². The molecule has 22 heavy (non-hydrogen) atoms. The minimum absolute atomic E-state index is 0.0627. The first-order chi connectivity index (χ1) is 10.3. The average Bonchev–Trinajstić information content (AvgIpc) is 2.43. The summed E-state index contributed by atoms with van der Waals surface area (Å²) in [6.07, 6.45) is 2.11. The van der Waals surface area contributed by atoms with Crippen molar-refractivity contribution in [3.8, 4) is 0 Å². The van der Waals surface area contributed by atoms with Crippen molar-refractivity contribution in [3.63, 3.8) is 0 Å². The minimum atomic E-state index is -0.791. The molecule has 0 amide bonds. The zero-order chi connectivity index (χ0) is 16.4. The van der Waals surface area contributed by atoms with Crippen LogP contribution in [0.2, 0.25) is 0 Å². The lowest BCUT2D eigenvalue weighted by Crippen LogP contribution is -2.45. The van der Waals surface area contributed by atoms with E-state index in [0.29, 0.717) is 18.9 Å². The Balaban J connectivity index is 2.49. The normalized spacial score (nSPS) is 18.3. The lowest BCUT2D eigenvalue weighted by molar-refractivity contribution is -0.120. The maximum absolute atomic E-state index is 12.5. The number of ketones is 1. The molecule has 0 aliphatic carbocycles. The molecule has 8 heteroatoms. The van der Waals surface area contributed by atoms with E-state index in [4.69, 9.17) is 0 Å². The van der Waals surface area contributed by atoms with E-state index in [1.54, 1.807) is 7.05 Å². The summed E-state index contributed by atoms with van der Waals surface area (Å²) in [5, 5.41) is 9.54. The molecule has 0 aromatic carbocycles. The Morgan fingerprint density at radius 2 is 1.95 bits per heavy atom. The fourth-order valence-electron chi connectivity index (χ4n) is 2.28. The summed E-state index contributed by atoms with van der Waals surface area (Å²) in [5.74, 6) is -0.586. The summed E-state index contributed by atoms with van der Waals surface area (Å²) in [6.45, 7) is 4.48. The van der Waals surface area contributed by atoms with Crippen LogP contribution in [0.4, 0.5) is 0 Å². The van der Waals surface area contributed by atoms with Crippen LogP contribution in [0.15, 0.2) is 14.7 Å². The minimum Gasteiger partial charge on any atom is -0.296 e. The third-order valence-corrected chi connectivity index (χ3v) is 3.60. The number of rotatable bonds is 4. The lowest BCUT2D eigenvalue weighted by Gasteiger charge is -2.21. The van der Waals surface area contributed by atoms with Gasteiger partial charge >= 0.3 is 5.69 Å². The van der Waals surface area contributed by atoms with Crippen molar-refractivity contribution < 1.29 is 4.79 Å². The summed E-state index contributed by atoms with van der Waals surface area (Å²) in [4.78, 5) is 36.8. The maximum atomic E-state index is 12.5. The molecule has 120 valence electrons. The molecule has 0 saturated heterocycles. The number of hydrogen-bond donors (Lipinski definition) is 0. The smallest absolute Gasteiger partial charge is 0.296 e. The zero-order valence-corrected chi connectivity index (χ0v) is 13.3. The third-order valence-electron chi connectivity index (χ3n) is 3.60. The van der Waals surface area contributed by atoms with E-state index in [1.807, 2.05) is 13.8 Å². The molecule has 0 N–H and O–H groups in total. The summed E-state index contributed by atoms with van der Waals surface area (Å²) in [7, 11) is 3.16. The van der Waals surface area contributed by atoms with Crippen LogP contribution in [0.25, 0.3) is 0 Å². The van der Waals surface area contributed by atoms with Crippen molar-refractivity contribution in [2.45, 2.75) is 32.7 Å². The van der Waals surface area contributed by atoms with Gasteiger partial charge in [0, 0.05) is 26.9 Å². The van der Waals surface area contributed by atoms with Crippen LogP contribution in [0.5, 0.6) is 0 Å². The van der Waals surface area contributed by atoms with Crippen molar-refractivity contribution >= 4 is 12.0 Å². The van der Waals surface area contributed by atoms with Gasteiger partial charge in [-0.3, -0.25) is 19.2 Å². The van der Waals surface area contributed by atoms with E-state index in [9.17, 15) is 14.4 Å².